The topological polar surface area (TPSA) is 85.0 Å². The van der Waals surface area contributed by atoms with Gasteiger partial charge in [0.15, 0.2) is 0 Å². The third kappa shape index (κ3) is 3.97. The second-order valence-corrected chi connectivity index (χ2v) is 9.59. The van der Waals surface area contributed by atoms with Gasteiger partial charge in [0, 0.05) is 27.2 Å². The van der Waals surface area contributed by atoms with Crippen molar-refractivity contribution in [3.05, 3.63) is 0 Å². The van der Waals surface area contributed by atoms with E-state index in [1.807, 2.05) is 30.6 Å². The molecule has 0 aliphatic carbocycles. The molecule has 0 bridgehead atoms. The van der Waals surface area contributed by atoms with Crippen molar-refractivity contribution < 1.29 is 14.4 Å². The predicted octanol–water partition coefficient (Wildman–Crippen LogP) is 0.872. The van der Waals surface area contributed by atoms with E-state index >= 15 is 0 Å². The van der Waals surface area contributed by atoms with Crippen LogP contribution >= 0.6 is 0 Å². The van der Waals surface area contributed by atoms with Gasteiger partial charge in [-0.05, 0) is 39.2 Å². The van der Waals surface area contributed by atoms with Crippen molar-refractivity contribution >= 4 is 17.8 Å². The van der Waals surface area contributed by atoms with Crippen LogP contribution in [-0.4, -0.2) is 90.4 Å². The van der Waals surface area contributed by atoms with E-state index in [0.717, 1.165) is 12.8 Å². The Kier molecular flexibility index (Phi) is 6.33. The predicted molar refractivity (Wildman–Crippen MR) is 109 cm³/mol. The number of hydrogen-bond donors (Lipinski definition) is 2. The van der Waals surface area contributed by atoms with Gasteiger partial charge in [0.2, 0.25) is 11.8 Å². The first-order chi connectivity index (χ1) is 12.8. The van der Waals surface area contributed by atoms with Crippen LogP contribution in [0.15, 0.2) is 0 Å². The first kappa shape index (κ1) is 22.5. The molecular weight excluding hydrogens is 358 g/mol. The van der Waals surface area contributed by atoms with Crippen LogP contribution in [0.25, 0.3) is 0 Å². The van der Waals surface area contributed by atoms with Crippen LogP contribution < -0.4 is 10.6 Å². The van der Waals surface area contributed by atoms with Gasteiger partial charge in [0.25, 0.3) is 0 Å². The maximum Gasteiger partial charge on any atom is 0.320 e. The molecule has 0 aromatic rings. The number of carbonyl (C=O) groups is 3. The second-order valence-electron chi connectivity index (χ2n) is 9.59. The van der Waals surface area contributed by atoms with Crippen LogP contribution in [0.2, 0.25) is 0 Å². The van der Waals surface area contributed by atoms with Crippen molar-refractivity contribution in [3.63, 3.8) is 0 Å². The van der Waals surface area contributed by atoms with Gasteiger partial charge in [-0.15, -0.1) is 0 Å². The number of amides is 4. The minimum Gasteiger partial charge on any atom is -0.342 e. The Bertz CT molecular complexity index is 630. The number of fused-ring (bicyclic) bond motifs is 1. The van der Waals surface area contributed by atoms with E-state index in [-0.39, 0.29) is 35.5 Å². The lowest BCUT2D eigenvalue weighted by molar-refractivity contribution is -0.140. The summed E-state index contributed by atoms with van der Waals surface area (Å²) in [6, 6.07) is -1.02. The number of nitrogens with one attached hydrogen (secondary N) is 2. The largest absolute Gasteiger partial charge is 0.342 e. The molecule has 0 saturated carbocycles. The summed E-state index contributed by atoms with van der Waals surface area (Å²) in [5.74, 6) is -0.245. The number of urea groups is 1. The van der Waals surface area contributed by atoms with Crippen molar-refractivity contribution in [1.82, 2.24) is 25.3 Å². The quantitative estimate of drug-likeness (QED) is 0.740. The zero-order valence-corrected chi connectivity index (χ0v) is 18.6. The van der Waals surface area contributed by atoms with Crippen LogP contribution in [-0.2, 0) is 9.59 Å². The maximum atomic E-state index is 13.5. The van der Waals surface area contributed by atoms with E-state index in [2.05, 4.69) is 17.6 Å². The fourth-order valence-corrected chi connectivity index (χ4v) is 4.33. The lowest BCUT2D eigenvalue weighted by atomic mass is 9.85. The van der Waals surface area contributed by atoms with Crippen LogP contribution in [0, 0.1) is 5.41 Å². The summed E-state index contributed by atoms with van der Waals surface area (Å²) in [4.78, 5) is 44.0. The number of nitrogens with zero attached hydrogens (tertiary/aromatic N) is 3. The standard InChI is InChI=1S/C20H37N5O3/c1-13(21-6)16(26)22-15(19(2,3)4)17(27)24-12-10-20(5)14(24)9-11-25(20)18(28)23(7)8/h13-15,21H,9-12H2,1-8H3,(H,22,26). The number of carbonyl (C=O) groups excluding carboxylic acids is 3. The van der Waals surface area contributed by atoms with E-state index in [9.17, 15) is 14.4 Å². The molecule has 160 valence electrons. The number of hydrogen-bond acceptors (Lipinski definition) is 4. The summed E-state index contributed by atoms with van der Waals surface area (Å²) in [6.45, 7) is 11.0. The third-order valence-corrected chi connectivity index (χ3v) is 6.32. The SMILES string of the molecule is CNC(C)C(=O)NC(C(=O)N1CCC2(C)C1CCN2C(=O)N(C)C)C(C)(C)C. The number of rotatable bonds is 4. The fraction of sp³-hybridized carbons (Fsp3) is 0.850. The average Bonchev–Trinajstić information content (AvgIpc) is 3.10. The molecule has 0 aromatic heterocycles. The molecule has 2 aliphatic rings. The van der Waals surface area contributed by atoms with Gasteiger partial charge >= 0.3 is 6.03 Å². The summed E-state index contributed by atoms with van der Waals surface area (Å²) in [6.07, 6.45) is 1.51. The highest BCUT2D eigenvalue weighted by Gasteiger charge is 2.56. The van der Waals surface area contributed by atoms with E-state index in [1.54, 1.807) is 33.0 Å². The molecule has 0 aromatic carbocycles. The molecule has 0 radical (unpaired) electrons. The zero-order valence-electron chi connectivity index (χ0n) is 18.6. The lowest BCUT2D eigenvalue weighted by Crippen LogP contribution is -2.59. The van der Waals surface area contributed by atoms with Gasteiger partial charge in [-0.1, -0.05) is 20.8 Å². The highest BCUT2D eigenvalue weighted by atomic mass is 16.2. The van der Waals surface area contributed by atoms with Crippen molar-refractivity contribution in [2.24, 2.45) is 5.41 Å². The Morgan fingerprint density at radius 3 is 2.29 bits per heavy atom. The van der Waals surface area contributed by atoms with E-state index in [0.29, 0.717) is 13.1 Å². The molecule has 4 amide bonds. The molecule has 8 nitrogen and oxygen atoms in total. The van der Waals surface area contributed by atoms with E-state index in [4.69, 9.17) is 0 Å². The Hall–Kier alpha value is -1.83. The monoisotopic (exact) mass is 395 g/mol. The highest BCUT2D eigenvalue weighted by molar-refractivity contribution is 5.90. The number of likely N-dealkylation sites (tertiary alicyclic amines) is 2. The fourth-order valence-electron chi connectivity index (χ4n) is 4.33. The Morgan fingerprint density at radius 2 is 1.79 bits per heavy atom. The second kappa shape index (κ2) is 7.89. The molecule has 2 saturated heterocycles. The molecule has 8 heteroatoms. The molecule has 2 aliphatic heterocycles. The van der Waals surface area contributed by atoms with Gasteiger partial charge < -0.3 is 25.3 Å². The molecule has 2 rings (SSSR count). The van der Waals surface area contributed by atoms with Gasteiger partial charge in [0.1, 0.15) is 6.04 Å². The smallest absolute Gasteiger partial charge is 0.320 e. The maximum absolute atomic E-state index is 13.5. The summed E-state index contributed by atoms with van der Waals surface area (Å²) in [5, 5.41) is 5.86. The van der Waals surface area contributed by atoms with Gasteiger partial charge in [-0.2, -0.15) is 0 Å². The lowest BCUT2D eigenvalue weighted by Gasteiger charge is -2.39. The van der Waals surface area contributed by atoms with Crippen LogP contribution in [0.3, 0.4) is 0 Å². The summed E-state index contributed by atoms with van der Waals surface area (Å²) < 4.78 is 0. The van der Waals surface area contributed by atoms with Crippen molar-refractivity contribution in [3.8, 4) is 0 Å². The van der Waals surface area contributed by atoms with Crippen LogP contribution in [0.4, 0.5) is 4.79 Å². The summed E-state index contributed by atoms with van der Waals surface area (Å²) in [5.41, 5.74) is -0.779. The summed E-state index contributed by atoms with van der Waals surface area (Å²) in [7, 11) is 5.23. The number of likely N-dealkylation sites (N-methyl/N-ethyl adjacent to an activating group) is 1. The van der Waals surface area contributed by atoms with Crippen LogP contribution in [0.5, 0.6) is 0 Å². The molecule has 2 fully saturated rings. The molecular formula is C20H37N5O3. The van der Waals surface area contributed by atoms with Crippen molar-refractivity contribution in [2.75, 3.05) is 34.2 Å². The van der Waals surface area contributed by atoms with Crippen molar-refractivity contribution in [1.29, 1.82) is 0 Å². The highest BCUT2D eigenvalue weighted by Crippen LogP contribution is 2.42. The molecule has 28 heavy (non-hydrogen) atoms. The average molecular weight is 396 g/mol. The van der Waals surface area contributed by atoms with Crippen molar-refractivity contribution in [2.45, 2.75) is 71.1 Å². The third-order valence-electron chi connectivity index (χ3n) is 6.32. The Balaban J connectivity index is 2.23. The van der Waals surface area contributed by atoms with E-state index < -0.39 is 11.5 Å². The van der Waals surface area contributed by atoms with Crippen LogP contribution in [0.1, 0.15) is 47.5 Å². The summed E-state index contributed by atoms with van der Waals surface area (Å²) >= 11 is 0. The minimum absolute atomic E-state index is 0.0113. The minimum atomic E-state index is -0.614. The van der Waals surface area contributed by atoms with E-state index in [1.165, 1.54) is 0 Å². The Morgan fingerprint density at radius 1 is 1.18 bits per heavy atom. The first-order valence-electron chi connectivity index (χ1n) is 10.1. The molecule has 0 spiro atoms. The molecule has 4 atom stereocenters. The molecule has 2 heterocycles. The van der Waals surface area contributed by atoms with Gasteiger partial charge in [0.05, 0.1) is 17.6 Å². The molecule has 2 N–H and O–H groups in total. The Labute approximate surface area is 169 Å². The normalized spacial score (nSPS) is 26.6. The van der Waals surface area contributed by atoms with Gasteiger partial charge in [-0.25, -0.2) is 4.79 Å². The first-order valence-corrected chi connectivity index (χ1v) is 10.1. The molecule has 4 unspecified atom stereocenters. The van der Waals surface area contributed by atoms with Gasteiger partial charge in [-0.3, -0.25) is 9.59 Å². The zero-order chi connectivity index (χ0) is 21.4.